The van der Waals surface area contributed by atoms with E-state index in [-0.39, 0.29) is 5.76 Å². The number of hydrogen-bond acceptors (Lipinski definition) is 3. The topological polar surface area (TPSA) is 58.6 Å². The fraction of sp³-hybridized carbons (Fsp3) is 0.100. The van der Waals surface area contributed by atoms with Crippen molar-refractivity contribution in [2.75, 3.05) is 0 Å². The number of rotatable bonds is 3. The number of aliphatic hydroxyl groups is 1. The summed E-state index contributed by atoms with van der Waals surface area (Å²) in [5, 5.41) is 8.92. The molecule has 0 aliphatic heterocycles. The van der Waals surface area contributed by atoms with Crippen molar-refractivity contribution in [3.8, 4) is 0 Å². The summed E-state index contributed by atoms with van der Waals surface area (Å²) >= 11 is 0. The number of nitrogens with zero attached hydrogens (tertiary/aromatic N) is 1. The number of allylic oxidation sites excluding steroid dienone is 1. The summed E-state index contributed by atoms with van der Waals surface area (Å²) in [5.74, 6) is -0.0177. The Labute approximate surface area is 77.2 Å². The second-order valence-corrected chi connectivity index (χ2v) is 2.55. The summed E-state index contributed by atoms with van der Waals surface area (Å²) in [4.78, 5) is 3.99. The molecule has 0 radical (unpaired) electrons. The lowest BCUT2D eigenvalue weighted by atomic mass is 10.2. The molecule has 0 spiro atoms. The van der Waals surface area contributed by atoms with Gasteiger partial charge in [-0.05, 0) is 5.56 Å². The van der Waals surface area contributed by atoms with Crippen molar-refractivity contribution in [1.29, 1.82) is 0 Å². The number of benzene rings is 1. The van der Waals surface area contributed by atoms with Gasteiger partial charge in [-0.3, -0.25) is 4.99 Å². The van der Waals surface area contributed by atoms with Crippen molar-refractivity contribution in [2.24, 2.45) is 10.7 Å². The van der Waals surface area contributed by atoms with E-state index in [2.05, 4.69) is 4.99 Å². The van der Waals surface area contributed by atoms with E-state index in [1.54, 1.807) is 0 Å². The molecule has 0 atom stereocenters. The second-order valence-electron chi connectivity index (χ2n) is 2.55. The van der Waals surface area contributed by atoms with Crippen LogP contribution in [0.25, 0.3) is 0 Å². The molecule has 0 heterocycles. The lowest BCUT2D eigenvalue weighted by molar-refractivity contribution is 0.444. The molecule has 0 amide bonds. The van der Waals surface area contributed by atoms with Gasteiger partial charge in [0.25, 0.3) is 0 Å². The van der Waals surface area contributed by atoms with E-state index in [4.69, 9.17) is 10.8 Å². The van der Waals surface area contributed by atoms with Gasteiger partial charge in [0.2, 0.25) is 0 Å². The highest BCUT2D eigenvalue weighted by Gasteiger charge is 1.87. The molecule has 0 bridgehead atoms. The maximum absolute atomic E-state index is 8.92. The molecule has 3 N–H and O–H groups in total. The highest BCUT2D eigenvalue weighted by atomic mass is 16.3. The van der Waals surface area contributed by atoms with Crippen LogP contribution < -0.4 is 5.73 Å². The number of nitrogens with two attached hydrogens (primary N) is 1. The van der Waals surface area contributed by atoms with Crippen LogP contribution in [0.15, 0.2) is 47.3 Å². The van der Waals surface area contributed by atoms with Gasteiger partial charge in [0.15, 0.2) is 0 Å². The van der Waals surface area contributed by atoms with Crippen molar-refractivity contribution in [3.63, 3.8) is 0 Å². The third-order valence-electron chi connectivity index (χ3n) is 1.51. The normalized spacial score (nSPS) is 12.2. The Balaban J connectivity index is 2.48. The van der Waals surface area contributed by atoms with Crippen LogP contribution in [0.3, 0.4) is 0 Å². The van der Waals surface area contributed by atoms with E-state index >= 15 is 0 Å². The van der Waals surface area contributed by atoms with Crippen molar-refractivity contribution >= 4 is 6.21 Å². The van der Waals surface area contributed by atoms with Crippen molar-refractivity contribution in [1.82, 2.24) is 0 Å². The summed E-state index contributed by atoms with van der Waals surface area (Å²) < 4.78 is 0. The zero-order chi connectivity index (χ0) is 9.52. The SMILES string of the molecule is N/C=C(/O)C=NCc1ccccc1. The molecule has 3 nitrogen and oxygen atoms in total. The summed E-state index contributed by atoms with van der Waals surface area (Å²) in [5.41, 5.74) is 6.15. The van der Waals surface area contributed by atoms with Crippen LogP contribution in [0.1, 0.15) is 5.56 Å². The van der Waals surface area contributed by atoms with E-state index in [1.807, 2.05) is 30.3 Å². The lowest BCUT2D eigenvalue weighted by Crippen LogP contribution is -1.89. The third kappa shape index (κ3) is 3.42. The zero-order valence-corrected chi connectivity index (χ0v) is 7.22. The van der Waals surface area contributed by atoms with Gasteiger partial charge in [0.05, 0.1) is 12.8 Å². The maximum atomic E-state index is 8.92. The largest absolute Gasteiger partial charge is 0.505 e. The van der Waals surface area contributed by atoms with E-state index in [0.29, 0.717) is 6.54 Å². The molecule has 0 aromatic heterocycles. The molecule has 0 aliphatic carbocycles. The zero-order valence-electron chi connectivity index (χ0n) is 7.22. The van der Waals surface area contributed by atoms with E-state index in [1.165, 1.54) is 6.21 Å². The minimum absolute atomic E-state index is 0.0177. The molecule has 0 saturated carbocycles. The van der Waals surface area contributed by atoms with Crippen LogP contribution in [-0.2, 0) is 6.54 Å². The molecule has 0 unspecified atom stereocenters. The fourth-order valence-corrected chi connectivity index (χ4v) is 0.871. The van der Waals surface area contributed by atoms with Gasteiger partial charge in [-0.1, -0.05) is 30.3 Å². The number of hydrogen-bond donors (Lipinski definition) is 2. The Morgan fingerprint density at radius 3 is 2.69 bits per heavy atom. The average molecular weight is 176 g/mol. The van der Waals surface area contributed by atoms with E-state index in [0.717, 1.165) is 11.8 Å². The van der Waals surface area contributed by atoms with Crippen molar-refractivity contribution in [3.05, 3.63) is 47.9 Å². The standard InChI is InChI=1S/C10H12N2O/c11-6-10(13)8-12-7-9-4-2-1-3-5-9/h1-6,8,13H,7,11H2/b10-6+,12-8?. The first-order valence-corrected chi connectivity index (χ1v) is 3.97. The second kappa shape index (κ2) is 4.98. The minimum atomic E-state index is -0.0177. The van der Waals surface area contributed by atoms with Crippen LogP contribution in [0.5, 0.6) is 0 Å². The lowest BCUT2D eigenvalue weighted by Gasteiger charge is -1.93. The first kappa shape index (κ1) is 9.32. The van der Waals surface area contributed by atoms with Gasteiger partial charge in [0, 0.05) is 6.20 Å². The summed E-state index contributed by atoms with van der Waals surface area (Å²) in [7, 11) is 0. The monoisotopic (exact) mass is 176 g/mol. The Morgan fingerprint density at radius 1 is 1.38 bits per heavy atom. The molecule has 0 fully saturated rings. The molecule has 3 heteroatoms. The smallest absolute Gasteiger partial charge is 0.148 e. The van der Waals surface area contributed by atoms with Gasteiger partial charge in [0.1, 0.15) is 5.76 Å². The van der Waals surface area contributed by atoms with Crippen LogP contribution >= 0.6 is 0 Å². The van der Waals surface area contributed by atoms with E-state index in [9.17, 15) is 0 Å². The van der Waals surface area contributed by atoms with Crippen LogP contribution in [0.4, 0.5) is 0 Å². The van der Waals surface area contributed by atoms with E-state index < -0.39 is 0 Å². The summed E-state index contributed by atoms with van der Waals surface area (Å²) in [6.45, 7) is 0.554. The van der Waals surface area contributed by atoms with Crippen LogP contribution in [0.2, 0.25) is 0 Å². The number of aliphatic imine (C=N–C) groups is 1. The first-order chi connectivity index (χ1) is 6.33. The molecule has 0 saturated heterocycles. The maximum Gasteiger partial charge on any atom is 0.148 e. The van der Waals surface area contributed by atoms with Crippen LogP contribution in [0, 0.1) is 0 Å². The molecule has 68 valence electrons. The Hall–Kier alpha value is -1.77. The van der Waals surface area contributed by atoms with Gasteiger partial charge in [-0.2, -0.15) is 0 Å². The molecular weight excluding hydrogens is 164 g/mol. The Kier molecular flexibility index (Phi) is 3.57. The van der Waals surface area contributed by atoms with Gasteiger partial charge < -0.3 is 10.8 Å². The van der Waals surface area contributed by atoms with Crippen LogP contribution in [-0.4, -0.2) is 11.3 Å². The predicted molar refractivity (Wildman–Crippen MR) is 53.5 cm³/mol. The minimum Gasteiger partial charge on any atom is -0.505 e. The molecule has 1 aromatic rings. The van der Waals surface area contributed by atoms with Gasteiger partial charge in [-0.15, -0.1) is 0 Å². The number of aliphatic hydroxyl groups excluding tert-OH is 1. The highest BCUT2D eigenvalue weighted by Crippen LogP contribution is 1.99. The molecular formula is C10H12N2O. The molecule has 1 rings (SSSR count). The average Bonchev–Trinajstić information content (AvgIpc) is 2.19. The fourth-order valence-electron chi connectivity index (χ4n) is 0.871. The quantitative estimate of drug-likeness (QED) is 0.543. The molecule has 13 heavy (non-hydrogen) atoms. The third-order valence-corrected chi connectivity index (χ3v) is 1.51. The van der Waals surface area contributed by atoms with Gasteiger partial charge in [-0.25, -0.2) is 0 Å². The molecule has 1 aromatic carbocycles. The van der Waals surface area contributed by atoms with Crippen molar-refractivity contribution < 1.29 is 5.11 Å². The predicted octanol–water partition coefficient (Wildman–Crippen LogP) is 1.62. The Bertz CT molecular complexity index is 304. The summed E-state index contributed by atoms with van der Waals surface area (Å²) in [6.07, 6.45) is 2.45. The highest BCUT2D eigenvalue weighted by molar-refractivity contribution is 5.74. The van der Waals surface area contributed by atoms with Gasteiger partial charge >= 0.3 is 0 Å². The Morgan fingerprint density at radius 2 is 2.08 bits per heavy atom. The first-order valence-electron chi connectivity index (χ1n) is 3.97. The van der Waals surface area contributed by atoms with Crippen molar-refractivity contribution in [2.45, 2.75) is 6.54 Å². The summed E-state index contributed by atoms with van der Waals surface area (Å²) in [6, 6.07) is 9.79. The molecule has 0 aliphatic rings.